The summed E-state index contributed by atoms with van der Waals surface area (Å²) in [4.78, 5) is 25.8. The minimum Gasteiger partial charge on any atom is -0.495 e. The Morgan fingerprint density at radius 3 is 2.52 bits per heavy atom. The molecule has 118 valence electrons. The Morgan fingerprint density at radius 1 is 1.13 bits per heavy atom. The molecule has 0 saturated carbocycles. The summed E-state index contributed by atoms with van der Waals surface area (Å²) in [6, 6.07) is 11.5. The van der Waals surface area contributed by atoms with Crippen LogP contribution in [0.1, 0.15) is 5.56 Å². The summed E-state index contributed by atoms with van der Waals surface area (Å²) in [6.45, 7) is 0. The molecule has 23 heavy (non-hydrogen) atoms. The number of benzene rings is 2. The van der Waals surface area contributed by atoms with Crippen LogP contribution < -0.4 is 15.0 Å². The molecule has 1 saturated heterocycles. The number of carbonyl (C=O) groups excluding carboxylic acids is 2. The Labute approximate surface area is 132 Å². The van der Waals surface area contributed by atoms with Crippen molar-refractivity contribution in [3.05, 3.63) is 59.9 Å². The summed E-state index contributed by atoms with van der Waals surface area (Å²) < 4.78 is 18.2. The largest absolute Gasteiger partial charge is 0.495 e. The van der Waals surface area contributed by atoms with E-state index in [1.165, 1.54) is 19.2 Å². The number of para-hydroxylation sites is 2. The molecule has 1 heterocycles. The number of nitrogens with zero attached hydrogens (tertiary/aromatic N) is 1. The average molecular weight is 314 g/mol. The minimum atomic E-state index is -0.683. The van der Waals surface area contributed by atoms with Gasteiger partial charge in [-0.1, -0.05) is 24.3 Å². The van der Waals surface area contributed by atoms with Crippen molar-refractivity contribution < 1.29 is 18.7 Å². The highest BCUT2D eigenvalue weighted by Gasteiger charge is 2.40. The van der Waals surface area contributed by atoms with Gasteiger partial charge < -0.3 is 10.1 Å². The van der Waals surface area contributed by atoms with Crippen LogP contribution in [0.25, 0.3) is 0 Å². The zero-order valence-electron chi connectivity index (χ0n) is 12.5. The van der Waals surface area contributed by atoms with Crippen LogP contribution in [-0.4, -0.2) is 25.1 Å². The Kier molecular flexibility index (Phi) is 3.97. The summed E-state index contributed by atoms with van der Waals surface area (Å²) in [5.41, 5.74) is 1.17. The molecule has 1 atom stereocenters. The Hall–Kier alpha value is -2.89. The first kappa shape index (κ1) is 15.0. The van der Waals surface area contributed by atoms with Crippen LogP contribution in [-0.2, 0) is 11.2 Å². The summed E-state index contributed by atoms with van der Waals surface area (Å²) in [5, 5.41) is 2.65. The fraction of sp³-hybridized carbons (Fsp3) is 0.176. The number of ether oxygens (including phenoxy) is 1. The second-order valence-corrected chi connectivity index (χ2v) is 5.18. The van der Waals surface area contributed by atoms with Crippen LogP contribution in [0.15, 0.2) is 48.5 Å². The van der Waals surface area contributed by atoms with Gasteiger partial charge in [0.05, 0.1) is 12.8 Å². The zero-order chi connectivity index (χ0) is 16.4. The average Bonchev–Trinajstić information content (AvgIpc) is 2.83. The van der Waals surface area contributed by atoms with E-state index in [0.29, 0.717) is 17.9 Å². The van der Waals surface area contributed by atoms with Crippen molar-refractivity contribution in [1.29, 1.82) is 0 Å². The summed E-state index contributed by atoms with van der Waals surface area (Å²) >= 11 is 0. The fourth-order valence-electron chi connectivity index (χ4n) is 2.57. The van der Waals surface area contributed by atoms with Crippen molar-refractivity contribution in [3.8, 4) is 5.75 Å². The van der Waals surface area contributed by atoms with E-state index in [1.54, 1.807) is 36.4 Å². The minimum absolute atomic E-state index is 0.302. The van der Waals surface area contributed by atoms with E-state index in [1.807, 2.05) is 0 Å². The van der Waals surface area contributed by atoms with Gasteiger partial charge in [-0.3, -0.25) is 4.79 Å². The SMILES string of the molecule is COc1ccccc1N1C(=O)NC(Cc2ccc(F)cc2)C1=O. The lowest BCUT2D eigenvalue weighted by Crippen LogP contribution is -2.32. The number of halogens is 1. The molecule has 0 aliphatic carbocycles. The van der Waals surface area contributed by atoms with Crippen molar-refractivity contribution >= 4 is 17.6 Å². The standard InChI is InChI=1S/C17H15FN2O3/c1-23-15-5-3-2-4-14(15)20-16(21)13(19-17(20)22)10-11-6-8-12(18)9-7-11/h2-9,13H,10H2,1H3,(H,19,22). The molecule has 1 fully saturated rings. The van der Waals surface area contributed by atoms with Gasteiger partial charge in [-0.15, -0.1) is 0 Å². The van der Waals surface area contributed by atoms with E-state index in [2.05, 4.69) is 5.32 Å². The van der Waals surface area contributed by atoms with Gasteiger partial charge in [0.15, 0.2) is 0 Å². The maximum atomic E-state index is 12.9. The number of urea groups is 1. The molecule has 1 unspecified atom stereocenters. The lowest BCUT2D eigenvalue weighted by molar-refractivity contribution is -0.118. The lowest BCUT2D eigenvalue weighted by Gasteiger charge is -2.16. The Bertz CT molecular complexity index is 746. The number of methoxy groups -OCH3 is 1. The van der Waals surface area contributed by atoms with Crippen LogP contribution in [0.2, 0.25) is 0 Å². The van der Waals surface area contributed by atoms with Gasteiger partial charge in [0.25, 0.3) is 5.91 Å². The van der Waals surface area contributed by atoms with E-state index >= 15 is 0 Å². The third-order valence-electron chi connectivity index (χ3n) is 3.70. The summed E-state index contributed by atoms with van der Waals surface area (Å²) in [5.74, 6) is -0.256. The van der Waals surface area contributed by atoms with Gasteiger partial charge in [0, 0.05) is 6.42 Å². The van der Waals surface area contributed by atoms with Gasteiger partial charge in [-0.2, -0.15) is 0 Å². The molecule has 2 aromatic carbocycles. The molecular weight excluding hydrogens is 299 g/mol. The maximum Gasteiger partial charge on any atom is 0.329 e. The molecule has 6 heteroatoms. The first-order valence-electron chi connectivity index (χ1n) is 7.12. The van der Waals surface area contributed by atoms with Crippen LogP contribution in [0.3, 0.4) is 0 Å². The van der Waals surface area contributed by atoms with Crippen LogP contribution in [0.4, 0.5) is 14.9 Å². The molecule has 5 nitrogen and oxygen atoms in total. The first-order valence-corrected chi connectivity index (χ1v) is 7.12. The van der Waals surface area contributed by atoms with Crippen LogP contribution in [0, 0.1) is 5.82 Å². The molecular formula is C17H15FN2O3. The van der Waals surface area contributed by atoms with Crippen molar-refractivity contribution in [1.82, 2.24) is 5.32 Å². The van der Waals surface area contributed by atoms with Crippen LogP contribution in [0.5, 0.6) is 5.75 Å². The second-order valence-electron chi connectivity index (χ2n) is 5.18. The Morgan fingerprint density at radius 2 is 1.83 bits per heavy atom. The second kappa shape index (κ2) is 6.08. The van der Waals surface area contributed by atoms with E-state index in [-0.39, 0.29) is 11.7 Å². The van der Waals surface area contributed by atoms with Gasteiger partial charge >= 0.3 is 6.03 Å². The van der Waals surface area contributed by atoms with Crippen molar-refractivity contribution in [2.45, 2.75) is 12.5 Å². The number of hydrogen-bond donors (Lipinski definition) is 1. The monoisotopic (exact) mass is 314 g/mol. The highest BCUT2D eigenvalue weighted by atomic mass is 19.1. The summed E-state index contributed by atoms with van der Waals surface area (Å²) in [7, 11) is 1.48. The van der Waals surface area contributed by atoms with Gasteiger partial charge in [0.2, 0.25) is 0 Å². The molecule has 3 amide bonds. The molecule has 0 bridgehead atoms. The first-order chi connectivity index (χ1) is 11.1. The zero-order valence-corrected chi connectivity index (χ0v) is 12.5. The third kappa shape index (κ3) is 2.88. The molecule has 3 rings (SSSR count). The molecule has 1 aliphatic heterocycles. The molecule has 0 spiro atoms. The fourth-order valence-corrected chi connectivity index (χ4v) is 2.57. The van der Waals surface area contributed by atoms with E-state index in [0.717, 1.165) is 10.5 Å². The van der Waals surface area contributed by atoms with Gasteiger partial charge in [-0.25, -0.2) is 14.1 Å². The highest BCUT2D eigenvalue weighted by molar-refractivity contribution is 6.22. The van der Waals surface area contributed by atoms with Gasteiger partial charge in [-0.05, 0) is 29.8 Å². The topological polar surface area (TPSA) is 58.6 Å². The predicted octanol–water partition coefficient (Wildman–Crippen LogP) is 2.50. The van der Waals surface area contributed by atoms with Gasteiger partial charge in [0.1, 0.15) is 17.6 Å². The number of rotatable bonds is 4. The summed E-state index contributed by atoms with van der Waals surface area (Å²) in [6.07, 6.45) is 0.302. The van der Waals surface area contributed by atoms with E-state index in [9.17, 15) is 14.0 Å². The Balaban J connectivity index is 1.84. The number of nitrogens with one attached hydrogen (secondary N) is 1. The van der Waals surface area contributed by atoms with Crippen molar-refractivity contribution in [2.24, 2.45) is 0 Å². The number of hydrogen-bond acceptors (Lipinski definition) is 3. The normalized spacial score (nSPS) is 17.3. The van der Waals surface area contributed by atoms with Crippen LogP contribution >= 0.6 is 0 Å². The van der Waals surface area contributed by atoms with Crippen molar-refractivity contribution in [3.63, 3.8) is 0 Å². The van der Waals surface area contributed by atoms with E-state index in [4.69, 9.17) is 4.74 Å². The number of amides is 3. The molecule has 1 N–H and O–H groups in total. The predicted molar refractivity (Wildman–Crippen MR) is 82.9 cm³/mol. The number of anilines is 1. The van der Waals surface area contributed by atoms with Crippen molar-refractivity contribution in [2.75, 3.05) is 12.0 Å². The highest BCUT2D eigenvalue weighted by Crippen LogP contribution is 2.30. The van der Waals surface area contributed by atoms with E-state index < -0.39 is 12.1 Å². The molecule has 2 aromatic rings. The number of carbonyl (C=O) groups is 2. The quantitative estimate of drug-likeness (QED) is 0.882. The molecule has 1 aliphatic rings. The molecule has 0 radical (unpaired) electrons. The third-order valence-corrected chi connectivity index (χ3v) is 3.70. The number of imide groups is 1. The smallest absolute Gasteiger partial charge is 0.329 e. The maximum absolute atomic E-state index is 12.9. The lowest BCUT2D eigenvalue weighted by atomic mass is 10.1. The molecule has 0 aromatic heterocycles.